The topological polar surface area (TPSA) is 71.3 Å². The molecule has 24 heavy (non-hydrogen) atoms. The zero-order valence-corrected chi connectivity index (χ0v) is 13.9. The Bertz CT molecular complexity index is 825. The Hall–Kier alpha value is -2.97. The Morgan fingerprint density at radius 1 is 1.21 bits per heavy atom. The molecular formula is C18H15ClN2O3. The van der Waals surface area contributed by atoms with Crippen LogP contribution in [0, 0.1) is 11.3 Å². The summed E-state index contributed by atoms with van der Waals surface area (Å²) in [5.41, 5.74) is 1.00. The van der Waals surface area contributed by atoms with Gasteiger partial charge in [0.25, 0.3) is 5.91 Å². The molecule has 1 N–H and O–H groups in total. The van der Waals surface area contributed by atoms with Crippen LogP contribution in [0.15, 0.2) is 48.0 Å². The summed E-state index contributed by atoms with van der Waals surface area (Å²) in [4.78, 5) is 12.3. The maximum Gasteiger partial charge on any atom is 0.266 e. The highest BCUT2D eigenvalue weighted by molar-refractivity contribution is 6.31. The fraction of sp³-hybridized carbons (Fsp3) is 0.111. The third-order valence-electron chi connectivity index (χ3n) is 3.18. The van der Waals surface area contributed by atoms with Gasteiger partial charge in [0.05, 0.1) is 14.2 Å². The lowest BCUT2D eigenvalue weighted by Crippen LogP contribution is -2.13. The Balaban J connectivity index is 2.32. The summed E-state index contributed by atoms with van der Waals surface area (Å²) in [5.74, 6) is 0.582. The zero-order valence-electron chi connectivity index (χ0n) is 13.2. The summed E-state index contributed by atoms with van der Waals surface area (Å²) in [6, 6.07) is 13.7. The van der Waals surface area contributed by atoms with E-state index in [2.05, 4.69) is 5.32 Å². The number of carbonyl (C=O) groups is 1. The Morgan fingerprint density at radius 3 is 2.62 bits per heavy atom. The van der Waals surface area contributed by atoms with Crippen molar-refractivity contribution in [3.05, 3.63) is 58.6 Å². The molecule has 0 fully saturated rings. The standard InChI is InChI=1S/C18H15ClN2O3/c1-23-16-6-7-17(24-2)12(9-16)8-13(11-20)18(22)21-15-5-3-4-14(19)10-15/h3-10H,1-2H3,(H,21,22)/b13-8-. The van der Waals surface area contributed by atoms with E-state index in [0.717, 1.165) is 0 Å². The van der Waals surface area contributed by atoms with E-state index in [9.17, 15) is 10.1 Å². The van der Waals surface area contributed by atoms with E-state index < -0.39 is 5.91 Å². The van der Waals surface area contributed by atoms with Gasteiger partial charge in [0, 0.05) is 16.3 Å². The van der Waals surface area contributed by atoms with Gasteiger partial charge < -0.3 is 14.8 Å². The second-order valence-corrected chi connectivity index (χ2v) is 5.18. The van der Waals surface area contributed by atoms with Gasteiger partial charge in [-0.2, -0.15) is 5.26 Å². The summed E-state index contributed by atoms with van der Waals surface area (Å²) in [5, 5.41) is 12.4. The molecule has 5 nitrogen and oxygen atoms in total. The predicted octanol–water partition coefficient (Wildman–Crippen LogP) is 3.90. The van der Waals surface area contributed by atoms with E-state index in [1.54, 1.807) is 42.5 Å². The minimum absolute atomic E-state index is 0.0680. The van der Waals surface area contributed by atoms with Crippen molar-refractivity contribution in [2.75, 3.05) is 19.5 Å². The summed E-state index contributed by atoms with van der Waals surface area (Å²) >= 11 is 5.88. The van der Waals surface area contributed by atoms with Gasteiger partial charge in [0.1, 0.15) is 23.1 Å². The monoisotopic (exact) mass is 342 g/mol. The predicted molar refractivity (Wildman–Crippen MR) is 93.2 cm³/mol. The van der Waals surface area contributed by atoms with Crippen molar-refractivity contribution < 1.29 is 14.3 Å². The second kappa shape index (κ2) is 8.04. The molecule has 0 aliphatic rings. The molecular weight excluding hydrogens is 328 g/mol. The van der Waals surface area contributed by atoms with Crippen molar-refractivity contribution in [3.8, 4) is 17.6 Å². The molecule has 2 aromatic carbocycles. The van der Waals surface area contributed by atoms with E-state index in [0.29, 0.717) is 27.8 Å². The third-order valence-corrected chi connectivity index (χ3v) is 3.42. The molecule has 122 valence electrons. The highest BCUT2D eigenvalue weighted by Gasteiger charge is 2.12. The first kappa shape index (κ1) is 17.4. The van der Waals surface area contributed by atoms with Crippen molar-refractivity contribution in [2.24, 2.45) is 0 Å². The highest BCUT2D eigenvalue weighted by atomic mass is 35.5. The number of nitrogens with zero attached hydrogens (tertiary/aromatic N) is 1. The highest BCUT2D eigenvalue weighted by Crippen LogP contribution is 2.26. The van der Waals surface area contributed by atoms with Crippen LogP contribution in [-0.2, 0) is 4.79 Å². The van der Waals surface area contributed by atoms with Crippen molar-refractivity contribution in [3.63, 3.8) is 0 Å². The number of hydrogen-bond acceptors (Lipinski definition) is 4. The molecule has 0 saturated heterocycles. The van der Waals surface area contributed by atoms with Crippen molar-refractivity contribution in [2.45, 2.75) is 0 Å². The lowest BCUT2D eigenvalue weighted by Gasteiger charge is -2.08. The molecule has 0 spiro atoms. The molecule has 0 atom stereocenters. The van der Waals surface area contributed by atoms with Crippen LogP contribution in [0.25, 0.3) is 6.08 Å². The molecule has 0 aliphatic heterocycles. The summed E-state index contributed by atoms with van der Waals surface area (Å²) in [7, 11) is 3.05. The number of rotatable bonds is 5. The Kier molecular flexibility index (Phi) is 5.83. The summed E-state index contributed by atoms with van der Waals surface area (Å²) < 4.78 is 10.4. The molecule has 0 aromatic heterocycles. The van der Waals surface area contributed by atoms with Gasteiger partial charge in [-0.1, -0.05) is 17.7 Å². The maximum absolute atomic E-state index is 12.3. The molecule has 0 heterocycles. The number of ether oxygens (including phenoxy) is 2. The average Bonchev–Trinajstić information content (AvgIpc) is 2.59. The molecule has 6 heteroatoms. The maximum atomic E-state index is 12.3. The molecule has 2 aromatic rings. The van der Waals surface area contributed by atoms with Crippen LogP contribution in [0.1, 0.15) is 5.56 Å². The molecule has 0 aliphatic carbocycles. The number of halogens is 1. The van der Waals surface area contributed by atoms with E-state index in [-0.39, 0.29) is 5.57 Å². The van der Waals surface area contributed by atoms with Crippen LogP contribution >= 0.6 is 11.6 Å². The molecule has 0 bridgehead atoms. The van der Waals surface area contributed by atoms with Gasteiger partial charge in [0.2, 0.25) is 0 Å². The minimum atomic E-state index is -0.537. The fourth-order valence-electron chi connectivity index (χ4n) is 2.02. The smallest absolute Gasteiger partial charge is 0.266 e. The van der Waals surface area contributed by atoms with Crippen LogP contribution < -0.4 is 14.8 Å². The Morgan fingerprint density at radius 2 is 2.00 bits per heavy atom. The normalized spacial score (nSPS) is 10.7. The molecule has 0 saturated carbocycles. The lowest BCUT2D eigenvalue weighted by atomic mass is 10.1. The Labute approximate surface area is 145 Å². The molecule has 0 radical (unpaired) electrons. The van der Waals surface area contributed by atoms with Crippen LogP contribution in [0.3, 0.4) is 0 Å². The average molecular weight is 343 g/mol. The first-order valence-corrected chi connectivity index (χ1v) is 7.36. The number of anilines is 1. The number of nitriles is 1. The number of amides is 1. The van der Waals surface area contributed by atoms with Gasteiger partial charge in [-0.3, -0.25) is 4.79 Å². The van der Waals surface area contributed by atoms with Crippen LogP contribution in [-0.4, -0.2) is 20.1 Å². The van der Waals surface area contributed by atoms with E-state index in [1.165, 1.54) is 20.3 Å². The van der Waals surface area contributed by atoms with E-state index >= 15 is 0 Å². The van der Waals surface area contributed by atoms with Crippen molar-refractivity contribution >= 4 is 29.3 Å². The van der Waals surface area contributed by atoms with Gasteiger partial charge in [-0.05, 0) is 42.5 Å². The summed E-state index contributed by atoms with van der Waals surface area (Å²) in [6.45, 7) is 0. The lowest BCUT2D eigenvalue weighted by molar-refractivity contribution is -0.112. The van der Waals surface area contributed by atoms with E-state index in [1.807, 2.05) is 6.07 Å². The second-order valence-electron chi connectivity index (χ2n) is 4.74. The van der Waals surface area contributed by atoms with Crippen LogP contribution in [0.4, 0.5) is 5.69 Å². The van der Waals surface area contributed by atoms with Crippen LogP contribution in [0.2, 0.25) is 5.02 Å². The SMILES string of the molecule is COc1ccc(OC)c(/C=C(/C#N)C(=O)Nc2cccc(Cl)c2)c1. The quantitative estimate of drug-likeness (QED) is 0.660. The molecule has 0 unspecified atom stereocenters. The number of carbonyl (C=O) groups excluding carboxylic acids is 1. The first-order chi connectivity index (χ1) is 11.6. The fourth-order valence-corrected chi connectivity index (χ4v) is 2.21. The molecule has 2 rings (SSSR count). The largest absolute Gasteiger partial charge is 0.497 e. The van der Waals surface area contributed by atoms with Gasteiger partial charge in [0.15, 0.2) is 0 Å². The summed E-state index contributed by atoms with van der Waals surface area (Å²) in [6.07, 6.45) is 1.45. The number of methoxy groups -OCH3 is 2. The van der Waals surface area contributed by atoms with Gasteiger partial charge >= 0.3 is 0 Å². The van der Waals surface area contributed by atoms with Crippen LogP contribution in [0.5, 0.6) is 11.5 Å². The van der Waals surface area contributed by atoms with Gasteiger partial charge in [-0.25, -0.2) is 0 Å². The van der Waals surface area contributed by atoms with Crippen molar-refractivity contribution in [1.82, 2.24) is 0 Å². The minimum Gasteiger partial charge on any atom is -0.497 e. The number of hydrogen-bond donors (Lipinski definition) is 1. The third kappa shape index (κ3) is 4.28. The van der Waals surface area contributed by atoms with Crippen molar-refractivity contribution in [1.29, 1.82) is 5.26 Å². The zero-order chi connectivity index (χ0) is 17.5. The van der Waals surface area contributed by atoms with E-state index in [4.69, 9.17) is 21.1 Å². The first-order valence-electron chi connectivity index (χ1n) is 6.98. The number of nitrogens with one attached hydrogen (secondary N) is 1. The number of benzene rings is 2. The van der Waals surface area contributed by atoms with Gasteiger partial charge in [-0.15, -0.1) is 0 Å². The molecule has 1 amide bonds.